The van der Waals surface area contributed by atoms with E-state index in [1.165, 1.54) is 17.1 Å². The molecule has 0 saturated carbocycles. The molecule has 1 aliphatic rings. The third-order valence-electron chi connectivity index (χ3n) is 2.28. The Balaban J connectivity index is 2.22. The van der Waals surface area contributed by atoms with Crippen molar-refractivity contribution in [2.75, 3.05) is 24.4 Å². The van der Waals surface area contributed by atoms with Gasteiger partial charge >= 0.3 is 5.97 Å². The predicted octanol–water partition coefficient (Wildman–Crippen LogP) is 2.51. The summed E-state index contributed by atoms with van der Waals surface area (Å²) in [6.45, 7) is 0.267. The average molecular weight is 291 g/mol. The van der Waals surface area contributed by atoms with Crippen molar-refractivity contribution in [2.24, 2.45) is 0 Å². The van der Waals surface area contributed by atoms with E-state index in [1.54, 1.807) is 7.11 Å². The van der Waals surface area contributed by atoms with Crippen molar-refractivity contribution in [1.29, 1.82) is 0 Å². The maximum absolute atomic E-state index is 11.1. The zero-order valence-electron chi connectivity index (χ0n) is 9.34. The molecule has 2 rings (SSSR count). The molecule has 0 aliphatic carbocycles. The van der Waals surface area contributed by atoms with E-state index in [4.69, 9.17) is 9.84 Å². The van der Waals surface area contributed by atoms with E-state index in [0.29, 0.717) is 15.8 Å². The van der Waals surface area contributed by atoms with Crippen LogP contribution in [0.15, 0.2) is 0 Å². The van der Waals surface area contributed by atoms with Crippen LogP contribution >= 0.6 is 34.9 Å². The van der Waals surface area contributed by atoms with E-state index in [1.807, 2.05) is 23.5 Å². The number of carboxylic acids is 1. The zero-order chi connectivity index (χ0) is 12.3. The van der Waals surface area contributed by atoms with Gasteiger partial charge in [-0.1, -0.05) is 0 Å². The Bertz CT molecular complexity index is 402. The van der Waals surface area contributed by atoms with Crippen LogP contribution in [0, 0.1) is 0 Å². The van der Waals surface area contributed by atoms with Gasteiger partial charge in [0, 0.05) is 24.4 Å². The normalized spacial score (nSPS) is 20.4. The zero-order valence-corrected chi connectivity index (χ0v) is 11.8. The summed E-state index contributed by atoms with van der Waals surface area (Å²) in [5, 5.41) is 10.4. The van der Waals surface area contributed by atoms with Crippen LogP contribution in [0.1, 0.15) is 25.6 Å². The molecule has 0 radical (unpaired) electrons. The summed E-state index contributed by atoms with van der Waals surface area (Å²) in [4.78, 5) is 15.8. The number of thioether (sulfide) groups is 2. The van der Waals surface area contributed by atoms with Gasteiger partial charge in [0.15, 0.2) is 0 Å². The van der Waals surface area contributed by atoms with Crippen LogP contribution in [-0.4, -0.2) is 40.4 Å². The van der Waals surface area contributed by atoms with Gasteiger partial charge in [0.1, 0.15) is 9.88 Å². The van der Waals surface area contributed by atoms with Crippen LogP contribution in [0.4, 0.5) is 0 Å². The molecule has 1 saturated heterocycles. The van der Waals surface area contributed by atoms with Gasteiger partial charge in [0.25, 0.3) is 0 Å². The molecule has 0 bridgehead atoms. The number of thiazole rings is 1. The maximum Gasteiger partial charge on any atom is 0.347 e. The number of carbonyl (C=O) groups is 1. The van der Waals surface area contributed by atoms with Crippen LogP contribution in [-0.2, 0) is 11.3 Å². The predicted molar refractivity (Wildman–Crippen MR) is 72.3 cm³/mol. The van der Waals surface area contributed by atoms with Gasteiger partial charge in [-0.25, -0.2) is 9.78 Å². The smallest absolute Gasteiger partial charge is 0.347 e. The Morgan fingerprint density at radius 2 is 2.41 bits per heavy atom. The lowest BCUT2D eigenvalue weighted by atomic mass is 10.4. The fourth-order valence-electron chi connectivity index (χ4n) is 1.54. The van der Waals surface area contributed by atoms with Crippen LogP contribution in [0.3, 0.4) is 0 Å². The lowest BCUT2D eigenvalue weighted by Gasteiger charge is -2.18. The van der Waals surface area contributed by atoms with Crippen molar-refractivity contribution in [2.45, 2.75) is 11.9 Å². The van der Waals surface area contributed by atoms with Gasteiger partial charge in [-0.15, -0.1) is 23.1 Å². The minimum Gasteiger partial charge on any atom is -0.477 e. The summed E-state index contributed by atoms with van der Waals surface area (Å²) in [6, 6.07) is 0. The molecule has 0 aromatic carbocycles. The Morgan fingerprint density at radius 3 is 3.00 bits per heavy atom. The number of ether oxygens (including phenoxy) is 1. The van der Waals surface area contributed by atoms with Crippen molar-refractivity contribution in [1.82, 2.24) is 4.98 Å². The Kier molecular flexibility index (Phi) is 4.72. The Morgan fingerprint density at radius 1 is 1.59 bits per heavy atom. The molecule has 1 aliphatic heterocycles. The van der Waals surface area contributed by atoms with Crippen LogP contribution in [0.5, 0.6) is 0 Å². The van der Waals surface area contributed by atoms with Crippen molar-refractivity contribution in [3.63, 3.8) is 0 Å². The van der Waals surface area contributed by atoms with Crippen molar-refractivity contribution in [3.8, 4) is 0 Å². The highest BCUT2D eigenvalue weighted by Gasteiger charge is 2.24. The molecular weight excluding hydrogens is 278 g/mol. The lowest BCUT2D eigenvalue weighted by Crippen LogP contribution is -2.06. The Labute approximate surface area is 112 Å². The second-order valence-corrected chi connectivity index (χ2v) is 6.99. The molecule has 1 fully saturated rings. The van der Waals surface area contributed by atoms with Gasteiger partial charge in [0.05, 0.1) is 17.6 Å². The van der Waals surface area contributed by atoms with E-state index in [2.05, 4.69) is 4.98 Å². The summed E-state index contributed by atoms with van der Waals surface area (Å²) >= 11 is 5.05. The van der Waals surface area contributed by atoms with E-state index >= 15 is 0 Å². The van der Waals surface area contributed by atoms with E-state index in [-0.39, 0.29) is 6.61 Å². The van der Waals surface area contributed by atoms with Gasteiger partial charge in [-0.05, 0) is 0 Å². The molecule has 94 valence electrons. The third kappa shape index (κ3) is 3.15. The summed E-state index contributed by atoms with van der Waals surface area (Å²) in [6.07, 6.45) is 0. The third-order valence-corrected chi connectivity index (χ3v) is 6.39. The summed E-state index contributed by atoms with van der Waals surface area (Å²) in [5.41, 5.74) is 0.552. The summed E-state index contributed by atoms with van der Waals surface area (Å²) in [7, 11) is 1.55. The first-order chi connectivity index (χ1) is 8.22. The number of hydrogen-bond acceptors (Lipinski definition) is 6. The van der Waals surface area contributed by atoms with E-state index < -0.39 is 5.97 Å². The van der Waals surface area contributed by atoms with Crippen molar-refractivity contribution < 1.29 is 14.6 Å². The molecule has 17 heavy (non-hydrogen) atoms. The van der Waals surface area contributed by atoms with Gasteiger partial charge in [0.2, 0.25) is 0 Å². The fourth-order valence-corrected chi connectivity index (χ4v) is 5.43. The molecule has 2 heterocycles. The number of nitrogens with zero attached hydrogens (tertiary/aromatic N) is 1. The van der Waals surface area contributed by atoms with E-state index in [0.717, 1.165) is 16.5 Å². The quantitative estimate of drug-likeness (QED) is 0.920. The molecule has 1 aromatic heterocycles. The standard InChI is InChI=1S/C10H13NO3S3/c1-14-4-6-8(10(12)13)17-9(11-6)7-5-15-2-3-16-7/h7H,2-5H2,1H3,(H,12,13). The maximum atomic E-state index is 11.1. The largest absolute Gasteiger partial charge is 0.477 e. The highest BCUT2D eigenvalue weighted by Crippen LogP contribution is 2.39. The average Bonchev–Trinajstić information content (AvgIpc) is 2.75. The molecule has 0 amide bonds. The van der Waals surface area contributed by atoms with Crippen LogP contribution in [0.2, 0.25) is 0 Å². The second kappa shape index (κ2) is 6.08. The first-order valence-electron chi connectivity index (χ1n) is 5.13. The number of methoxy groups -OCH3 is 1. The number of carboxylic acid groups (broad SMARTS) is 1. The SMILES string of the molecule is COCc1nc(C2CSCCS2)sc1C(=O)O. The number of aromatic nitrogens is 1. The molecule has 1 unspecified atom stereocenters. The molecule has 1 N–H and O–H groups in total. The Hall–Kier alpha value is -0.240. The molecule has 7 heteroatoms. The fraction of sp³-hybridized carbons (Fsp3) is 0.600. The molecular formula is C10H13NO3S3. The minimum atomic E-state index is -0.908. The number of rotatable bonds is 4. The van der Waals surface area contributed by atoms with Crippen LogP contribution < -0.4 is 0 Å². The number of hydrogen-bond donors (Lipinski definition) is 1. The first-order valence-corrected chi connectivity index (χ1v) is 8.15. The van der Waals surface area contributed by atoms with E-state index in [9.17, 15) is 4.79 Å². The highest BCUT2D eigenvalue weighted by atomic mass is 32.2. The van der Waals surface area contributed by atoms with Crippen LogP contribution in [0.25, 0.3) is 0 Å². The first kappa shape index (κ1) is 13.2. The van der Waals surface area contributed by atoms with Gasteiger partial charge < -0.3 is 9.84 Å². The second-order valence-electron chi connectivity index (χ2n) is 3.50. The summed E-state index contributed by atoms with van der Waals surface area (Å²) in [5.74, 6) is 2.39. The molecule has 4 nitrogen and oxygen atoms in total. The molecule has 1 aromatic rings. The van der Waals surface area contributed by atoms with Gasteiger partial charge in [-0.3, -0.25) is 0 Å². The molecule has 0 spiro atoms. The van der Waals surface area contributed by atoms with Gasteiger partial charge in [-0.2, -0.15) is 11.8 Å². The van der Waals surface area contributed by atoms with Crippen molar-refractivity contribution >= 4 is 40.8 Å². The molecule has 1 atom stereocenters. The monoisotopic (exact) mass is 291 g/mol. The highest BCUT2D eigenvalue weighted by molar-refractivity contribution is 8.06. The minimum absolute atomic E-state index is 0.267. The summed E-state index contributed by atoms with van der Waals surface area (Å²) < 4.78 is 4.99. The lowest BCUT2D eigenvalue weighted by molar-refractivity contribution is 0.0697. The topological polar surface area (TPSA) is 59.4 Å². The van der Waals surface area contributed by atoms with Crippen molar-refractivity contribution in [3.05, 3.63) is 15.6 Å². The number of aromatic carboxylic acids is 1.